The standard InChI is InChI=1S/C24H28F2N2O3S/c1-32(30,31)24(18-11-19(25)13-20(26)12-18)21-14-27-22(21)10-16-4-6-17(7-5-16)23(15-29)28-8-2-3-9-28/h4-7,11-13,22-23,27,29H,2-3,8-10,14-15H2,1H3/t22-,23?/m0/s1. The van der Waals surface area contributed by atoms with Crippen molar-refractivity contribution in [3.8, 4) is 0 Å². The van der Waals surface area contributed by atoms with E-state index in [2.05, 4.69) is 10.2 Å². The van der Waals surface area contributed by atoms with Crippen LogP contribution in [0, 0.1) is 11.6 Å². The van der Waals surface area contributed by atoms with Gasteiger partial charge in [-0.1, -0.05) is 24.3 Å². The smallest absolute Gasteiger partial charge is 0.176 e. The van der Waals surface area contributed by atoms with Crippen LogP contribution in [0.5, 0.6) is 0 Å². The number of likely N-dealkylation sites (tertiary alicyclic amines) is 1. The summed E-state index contributed by atoms with van der Waals surface area (Å²) in [5.74, 6) is -1.62. The first-order valence-electron chi connectivity index (χ1n) is 10.8. The molecule has 5 nitrogen and oxygen atoms in total. The van der Waals surface area contributed by atoms with Gasteiger partial charge in [0.15, 0.2) is 9.84 Å². The molecule has 2 aromatic rings. The Balaban J connectivity index is 1.57. The van der Waals surface area contributed by atoms with Crippen molar-refractivity contribution in [2.45, 2.75) is 31.3 Å². The molecule has 2 saturated heterocycles. The average Bonchev–Trinajstić information content (AvgIpc) is 3.23. The summed E-state index contributed by atoms with van der Waals surface area (Å²) in [5, 5.41) is 13.1. The van der Waals surface area contributed by atoms with Crippen molar-refractivity contribution < 1.29 is 22.3 Å². The number of rotatable bonds is 7. The second-order valence-electron chi connectivity index (χ2n) is 8.61. The Kier molecular flexibility index (Phi) is 6.76. The van der Waals surface area contributed by atoms with E-state index in [1.165, 1.54) is 0 Å². The minimum absolute atomic E-state index is 0.00866. The number of nitrogens with zero attached hydrogens (tertiary/aromatic N) is 1. The van der Waals surface area contributed by atoms with E-state index < -0.39 is 21.5 Å². The lowest BCUT2D eigenvalue weighted by atomic mass is 9.90. The van der Waals surface area contributed by atoms with Crippen LogP contribution in [-0.2, 0) is 16.3 Å². The molecule has 0 amide bonds. The number of benzene rings is 2. The van der Waals surface area contributed by atoms with E-state index in [4.69, 9.17) is 0 Å². The largest absolute Gasteiger partial charge is 0.394 e. The van der Waals surface area contributed by atoms with Crippen LogP contribution in [0.25, 0.3) is 4.91 Å². The number of halogens is 2. The zero-order chi connectivity index (χ0) is 22.9. The zero-order valence-electron chi connectivity index (χ0n) is 18.0. The number of hydrogen-bond donors (Lipinski definition) is 2. The summed E-state index contributed by atoms with van der Waals surface area (Å²) in [5.41, 5.74) is 2.74. The lowest BCUT2D eigenvalue weighted by molar-refractivity contribution is 0.147. The first-order chi connectivity index (χ1) is 15.3. The topological polar surface area (TPSA) is 69.6 Å². The molecule has 0 radical (unpaired) electrons. The van der Waals surface area contributed by atoms with E-state index in [-0.39, 0.29) is 29.2 Å². The summed E-state index contributed by atoms with van der Waals surface area (Å²) < 4.78 is 52.5. The van der Waals surface area contributed by atoms with Crippen LogP contribution >= 0.6 is 0 Å². The van der Waals surface area contributed by atoms with Crippen molar-refractivity contribution in [1.29, 1.82) is 0 Å². The van der Waals surface area contributed by atoms with E-state index in [9.17, 15) is 22.3 Å². The molecule has 0 bridgehead atoms. The minimum Gasteiger partial charge on any atom is -0.394 e. The van der Waals surface area contributed by atoms with Gasteiger partial charge in [0.1, 0.15) is 11.6 Å². The van der Waals surface area contributed by atoms with Crippen molar-refractivity contribution in [3.05, 3.63) is 76.4 Å². The van der Waals surface area contributed by atoms with Crippen molar-refractivity contribution in [3.63, 3.8) is 0 Å². The molecule has 2 aliphatic heterocycles. The third kappa shape index (κ3) is 4.93. The third-order valence-corrected chi connectivity index (χ3v) is 7.54. The zero-order valence-corrected chi connectivity index (χ0v) is 18.8. The molecule has 0 spiro atoms. The van der Waals surface area contributed by atoms with E-state index >= 15 is 0 Å². The second kappa shape index (κ2) is 9.39. The normalized spacial score (nSPS) is 21.9. The molecular formula is C24H28F2N2O3S. The van der Waals surface area contributed by atoms with Gasteiger partial charge in [-0.05, 0) is 66.7 Å². The summed E-state index contributed by atoms with van der Waals surface area (Å²) in [6, 6.07) is 10.6. The number of aliphatic hydroxyl groups is 1. The van der Waals surface area contributed by atoms with Gasteiger partial charge < -0.3 is 10.4 Å². The Labute approximate surface area is 187 Å². The Morgan fingerprint density at radius 2 is 1.75 bits per heavy atom. The van der Waals surface area contributed by atoms with E-state index in [0.29, 0.717) is 18.5 Å². The maximum absolute atomic E-state index is 13.8. The Hall–Kier alpha value is -2.13. The first-order valence-corrected chi connectivity index (χ1v) is 12.7. The van der Waals surface area contributed by atoms with Crippen LogP contribution in [0.4, 0.5) is 8.78 Å². The lowest BCUT2D eigenvalue weighted by Gasteiger charge is -2.34. The minimum atomic E-state index is -3.69. The van der Waals surface area contributed by atoms with Crippen molar-refractivity contribution >= 4 is 14.7 Å². The molecule has 0 saturated carbocycles. The Morgan fingerprint density at radius 3 is 2.25 bits per heavy atom. The van der Waals surface area contributed by atoms with Gasteiger partial charge in [0.2, 0.25) is 0 Å². The molecule has 2 N–H and O–H groups in total. The maximum Gasteiger partial charge on any atom is 0.176 e. The Bertz CT molecular complexity index is 1090. The summed E-state index contributed by atoms with van der Waals surface area (Å²) in [4.78, 5) is 2.28. The fraction of sp³-hybridized carbons (Fsp3) is 0.417. The SMILES string of the molecule is CS(=O)(=O)C(=C1CN[C@H]1Cc1ccc(C(CO)N2CCCC2)cc1)c1cc(F)cc(F)c1. The molecule has 32 heavy (non-hydrogen) atoms. The predicted octanol–water partition coefficient (Wildman–Crippen LogP) is 3.06. The molecule has 2 aromatic carbocycles. The van der Waals surface area contributed by atoms with Crippen LogP contribution in [0.1, 0.15) is 35.6 Å². The Morgan fingerprint density at radius 1 is 1.12 bits per heavy atom. The molecule has 4 rings (SSSR count). The van der Waals surface area contributed by atoms with Gasteiger partial charge in [-0.3, -0.25) is 4.90 Å². The van der Waals surface area contributed by atoms with Gasteiger partial charge in [0.25, 0.3) is 0 Å². The van der Waals surface area contributed by atoms with E-state index in [1.54, 1.807) is 0 Å². The van der Waals surface area contributed by atoms with Crippen LogP contribution in [0.15, 0.2) is 48.0 Å². The average molecular weight is 463 g/mol. The van der Waals surface area contributed by atoms with Gasteiger partial charge >= 0.3 is 0 Å². The quantitative estimate of drug-likeness (QED) is 0.662. The third-order valence-electron chi connectivity index (χ3n) is 6.31. The summed E-state index contributed by atoms with van der Waals surface area (Å²) in [6.07, 6.45) is 3.92. The first kappa shape index (κ1) is 23.0. The molecule has 1 unspecified atom stereocenters. The van der Waals surface area contributed by atoms with Crippen LogP contribution in [0.2, 0.25) is 0 Å². The summed E-state index contributed by atoms with van der Waals surface area (Å²) >= 11 is 0. The highest BCUT2D eigenvalue weighted by atomic mass is 32.2. The number of nitrogens with one attached hydrogen (secondary N) is 1. The molecule has 2 atom stereocenters. The highest BCUT2D eigenvalue weighted by Crippen LogP contribution is 2.32. The number of sulfone groups is 1. The van der Waals surface area contributed by atoms with Crippen LogP contribution in [0.3, 0.4) is 0 Å². The highest BCUT2D eigenvalue weighted by molar-refractivity contribution is 8.00. The van der Waals surface area contributed by atoms with Crippen molar-refractivity contribution in [2.75, 3.05) is 32.5 Å². The van der Waals surface area contributed by atoms with E-state index in [0.717, 1.165) is 61.5 Å². The molecular weight excluding hydrogens is 434 g/mol. The maximum atomic E-state index is 13.8. The van der Waals surface area contributed by atoms with Gasteiger partial charge in [-0.25, -0.2) is 17.2 Å². The summed E-state index contributed by atoms with van der Waals surface area (Å²) in [6.45, 7) is 2.40. The molecule has 172 valence electrons. The highest BCUT2D eigenvalue weighted by Gasteiger charge is 2.32. The fourth-order valence-electron chi connectivity index (χ4n) is 4.70. The van der Waals surface area contributed by atoms with Gasteiger partial charge in [-0.2, -0.15) is 0 Å². The number of hydrogen-bond acceptors (Lipinski definition) is 5. The molecule has 2 heterocycles. The van der Waals surface area contributed by atoms with Gasteiger partial charge in [0, 0.05) is 24.9 Å². The fourth-order valence-corrected chi connectivity index (χ4v) is 5.94. The molecule has 2 fully saturated rings. The van der Waals surface area contributed by atoms with E-state index in [1.807, 2.05) is 24.3 Å². The van der Waals surface area contributed by atoms with Crippen molar-refractivity contribution in [1.82, 2.24) is 10.2 Å². The molecule has 8 heteroatoms. The number of aliphatic hydroxyl groups excluding tert-OH is 1. The van der Waals surface area contributed by atoms with Crippen LogP contribution < -0.4 is 5.32 Å². The second-order valence-corrected chi connectivity index (χ2v) is 10.6. The molecule has 0 aliphatic carbocycles. The van der Waals surface area contributed by atoms with Gasteiger partial charge in [-0.15, -0.1) is 0 Å². The molecule has 0 aromatic heterocycles. The summed E-state index contributed by atoms with van der Waals surface area (Å²) in [7, 11) is -3.69. The van der Waals surface area contributed by atoms with Gasteiger partial charge in [0.05, 0.1) is 17.6 Å². The lowest BCUT2D eigenvalue weighted by Crippen LogP contribution is -2.48. The monoisotopic (exact) mass is 462 g/mol. The predicted molar refractivity (Wildman–Crippen MR) is 121 cm³/mol. The van der Waals surface area contributed by atoms with Crippen molar-refractivity contribution in [2.24, 2.45) is 0 Å². The molecule has 2 aliphatic rings. The van der Waals surface area contributed by atoms with Crippen LogP contribution in [-0.4, -0.2) is 57.0 Å².